The summed E-state index contributed by atoms with van der Waals surface area (Å²) in [5.41, 5.74) is 5.27. The van der Waals surface area contributed by atoms with Crippen LogP contribution in [-0.4, -0.2) is 17.8 Å². The molecule has 1 atom stereocenters. The zero-order chi connectivity index (χ0) is 7.11. The van der Waals surface area contributed by atoms with Gasteiger partial charge in [0.05, 0.1) is 12.1 Å². The van der Waals surface area contributed by atoms with Crippen molar-refractivity contribution in [1.29, 1.82) is 5.26 Å². The van der Waals surface area contributed by atoms with E-state index in [9.17, 15) is 0 Å². The molecular formula is C6H12N2O. The zero-order valence-electron chi connectivity index (χ0n) is 5.38. The first-order valence-electron chi connectivity index (χ1n) is 3.07. The Bertz CT molecular complexity index is 97.7. The lowest BCUT2D eigenvalue weighted by atomic mass is 10.1. The highest BCUT2D eigenvalue weighted by Crippen LogP contribution is 1.96. The van der Waals surface area contributed by atoms with Gasteiger partial charge in [0.1, 0.15) is 0 Å². The third-order valence-electron chi connectivity index (χ3n) is 1.09. The second-order valence-electron chi connectivity index (χ2n) is 1.95. The molecule has 0 heterocycles. The van der Waals surface area contributed by atoms with Crippen LogP contribution in [0, 0.1) is 11.3 Å². The predicted molar refractivity (Wildman–Crippen MR) is 34.5 cm³/mol. The summed E-state index contributed by atoms with van der Waals surface area (Å²) in [6, 6.07) is 1.57. The van der Waals surface area contributed by atoms with Crippen LogP contribution in [-0.2, 0) is 0 Å². The van der Waals surface area contributed by atoms with Crippen LogP contribution in [0.25, 0.3) is 0 Å². The Hall–Kier alpha value is -0.590. The number of aliphatic hydroxyl groups excluding tert-OH is 1. The van der Waals surface area contributed by atoms with Crippen LogP contribution >= 0.6 is 0 Å². The van der Waals surface area contributed by atoms with Crippen molar-refractivity contribution in [3.8, 4) is 6.07 Å². The lowest BCUT2D eigenvalue weighted by Gasteiger charge is -1.98. The molecule has 3 nitrogen and oxygen atoms in total. The maximum absolute atomic E-state index is 8.33. The smallest absolute Gasteiger partial charge is 0.0928 e. The van der Waals surface area contributed by atoms with Gasteiger partial charge in [0.25, 0.3) is 0 Å². The van der Waals surface area contributed by atoms with Crippen molar-refractivity contribution in [2.75, 3.05) is 6.61 Å². The minimum absolute atomic E-state index is 0.193. The second kappa shape index (κ2) is 5.54. The third-order valence-corrected chi connectivity index (χ3v) is 1.09. The number of hydrogen-bond acceptors (Lipinski definition) is 3. The minimum Gasteiger partial charge on any atom is -0.396 e. The fourth-order valence-corrected chi connectivity index (χ4v) is 0.541. The molecule has 0 aliphatic heterocycles. The van der Waals surface area contributed by atoms with E-state index in [4.69, 9.17) is 16.1 Å². The van der Waals surface area contributed by atoms with Gasteiger partial charge in [0.2, 0.25) is 0 Å². The molecule has 52 valence electrons. The van der Waals surface area contributed by atoms with Crippen LogP contribution in [0.4, 0.5) is 0 Å². The lowest BCUT2D eigenvalue weighted by molar-refractivity contribution is 0.282. The molecule has 0 aliphatic carbocycles. The van der Waals surface area contributed by atoms with Gasteiger partial charge in [-0.15, -0.1) is 0 Å². The van der Waals surface area contributed by atoms with Crippen molar-refractivity contribution in [2.45, 2.75) is 25.3 Å². The summed E-state index contributed by atoms with van der Waals surface area (Å²) in [4.78, 5) is 0. The number of nitriles is 1. The van der Waals surface area contributed by atoms with Crippen molar-refractivity contribution < 1.29 is 5.11 Å². The molecule has 0 spiro atoms. The normalized spacial score (nSPS) is 12.6. The first-order chi connectivity index (χ1) is 4.31. The molecule has 0 aromatic rings. The van der Waals surface area contributed by atoms with E-state index in [0.29, 0.717) is 6.42 Å². The summed E-state index contributed by atoms with van der Waals surface area (Å²) in [6.07, 6.45) is 2.28. The quantitative estimate of drug-likeness (QED) is 0.523. The van der Waals surface area contributed by atoms with Gasteiger partial charge in [-0.05, 0) is 19.3 Å². The standard InChI is InChI=1S/C6H12N2O/c7-5-6(8)3-1-2-4-9/h6,9H,1-4,8H2. The Morgan fingerprint density at radius 3 is 2.67 bits per heavy atom. The van der Waals surface area contributed by atoms with Gasteiger partial charge >= 0.3 is 0 Å². The molecule has 3 N–H and O–H groups in total. The summed E-state index contributed by atoms with van der Waals surface area (Å²) in [5, 5.41) is 16.5. The van der Waals surface area contributed by atoms with E-state index in [1.165, 1.54) is 0 Å². The van der Waals surface area contributed by atoms with E-state index in [1.54, 1.807) is 0 Å². The van der Waals surface area contributed by atoms with E-state index in [-0.39, 0.29) is 12.6 Å². The summed E-state index contributed by atoms with van der Waals surface area (Å²) < 4.78 is 0. The van der Waals surface area contributed by atoms with Crippen LogP contribution in [0.15, 0.2) is 0 Å². The van der Waals surface area contributed by atoms with Gasteiger partial charge in [-0.3, -0.25) is 0 Å². The van der Waals surface area contributed by atoms with E-state index in [2.05, 4.69) is 0 Å². The van der Waals surface area contributed by atoms with E-state index < -0.39 is 0 Å². The summed E-state index contributed by atoms with van der Waals surface area (Å²) in [7, 11) is 0. The SMILES string of the molecule is N#CC(N)CCCCO. The molecule has 9 heavy (non-hydrogen) atoms. The molecule has 3 heteroatoms. The summed E-state index contributed by atoms with van der Waals surface area (Å²) in [6.45, 7) is 0.193. The van der Waals surface area contributed by atoms with Crippen LogP contribution in [0.3, 0.4) is 0 Å². The first kappa shape index (κ1) is 8.41. The average molecular weight is 128 g/mol. The van der Waals surface area contributed by atoms with Crippen LogP contribution in [0.5, 0.6) is 0 Å². The van der Waals surface area contributed by atoms with Crippen molar-refractivity contribution in [2.24, 2.45) is 5.73 Å². The molecule has 0 amide bonds. The monoisotopic (exact) mass is 128 g/mol. The highest BCUT2D eigenvalue weighted by atomic mass is 16.2. The van der Waals surface area contributed by atoms with Crippen LogP contribution < -0.4 is 5.73 Å². The molecule has 0 bridgehead atoms. The third kappa shape index (κ3) is 5.28. The second-order valence-corrected chi connectivity index (χ2v) is 1.95. The van der Waals surface area contributed by atoms with Crippen LogP contribution in [0.2, 0.25) is 0 Å². The Kier molecular flexibility index (Phi) is 5.18. The number of hydrogen-bond donors (Lipinski definition) is 2. The van der Waals surface area contributed by atoms with E-state index >= 15 is 0 Å². The van der Waals surface area contributed by atoms with Crippen molar-refractivity contribution in [1.82, 2.24) is 0 Å². The highest BCUT2D eigenvalue weighted by Gasteiger charge is 1.96. The van der Waals surface area contributed by atoms with Crippen molar-refractivity contribution in [3.05, 3.63) is 0 Å². The average Bonchev–Trinajstić information content (AvgIpc) is 1.89. The molecule has 1 unspecified atom stereocenters. The number of aliphatic hydroxyl groups is 1. The van der Waals surface area contributed by atoms with Gasteiger partial charge in [0, 0.05) is 6.61 Å². The Morgan fingerprint density at radius 2 is 2.22 bits per heavy atom. The van der Waals surface area contributed by atoms with Crippen molar-refractivity contribution in [3.63, 3.8) is 0 Å². The predicted octanol–water partition coefficient (Wildman–Crippen LogP) is -0.000120. The highest BCUT2D eigenvalue weighted by molar-refractivity contribution is 4.85. The molecule has 0 radical (unpaired) electrons. The topological polar surface area (TPSA) is 70.0 Å². The Balaban J connectivity index is 2.99. The molecule has 0 aromatic heterocycles. The fraction of sp³-hybridized carbons (Fsp3) is 0.833. The molecule has 0 fully saturated rings. The molecule has 0 aliphatic rings. The largest absolute Gasteiger partial charge is 0.396 e. The minimum atomic E-state index is -0.350. The van der Waals surface area contributed by atoms with Gasteiger partial charge in [-0.1, -0.05) is 0 Å². The number of nitrogens with zero attached hydrogens (tertiary/aromatic N) is 1. The van der Waals surface area contributed by atoms with E-state index in [1.807, 2.05) is 6.07 Å². The van der Waals surface area contributed by atoms with Crippen molar-refractivity contribution >= 4 is 0 Å². The van der Waals surface area contributed by atoms with Gasteiger partial charge in [-0.25, -0.2) is 0 Å². The number of unbranched alkanes of at least 4 members (excludes halogenated alkanes) is 1. The van der Waals surface area contributed by atoms with Gasteiger partial charge < -0.3 is 10.8 Å². The molecule has 0 aromatic carbocycles. The molecule has 0 rings (SSSR count). The summed E-state index contributed by atoms with van der Waals surface area (Å²) in [5.74, 6) is 0. The van der Waals surface area contributed by atoms with Gasteiger partial charge in [-0.2, -0.15) is 5.26 Å². The van der Waals surface area contributed by atoms with Gasteiger partial charge in [0.15, 0.2) is 0 Å². The van der Waals surface area contributed by atoms with Crippen LogP contribution in [0.1, 0.15) is 19.3 Å². The first-order valence-corrected chi connectivity index (χ1v) is 3.07. The summed E-state index contributed by atoms with van der Waals surface area (Å²) >= 11 is 0. The lowest BCUT2D eigenvalue weighted by Crippen LogP contribution is -2.16. The maximum atomic E-state index is 8.33. The number of rotatable bonds is 4. The Morgan fingerprint density at radius 1 is 1.56 bits per heavy atom. The fourth-order valence-electron chi connectivity index (χ4n) is 0.541. The maximum Gasteiger partial charge on any atom is 0.0928 e. The Labute approximate surface area is 55.1 Å². The zero-order valence-corrected chi connectivity index (χ0v) is 5.38. The number of nitrogens with two attached hydrogens (primary N) is 1. The van der Waals surface area contributed by atoms with E-state index in [0.717, 1.165) is 12.8 Å². The molecule has 0 saturated carbocycles. The molecule has 0 saturated heterocycles. The molecular weight excluding hydrogens is 116 g/mol.